The number of aryl methyl sites for hydroxylation is 1. The third-order valence-electron chi connectivity index (χ3n) is 3.34. The Kier molecular flexibility index (Phi) is 4.61. The van der Waals surface area contributed by atoms with Gasteiger partial charge in [0.1, 0.15) is 5.75 Å². The average molecular weight is 275 g/mol. The largest absolute Gasteiger partial charge is 0.508 e. The predicted octanol–water partition coefficient (Wildman–Crippen LogP) is 4.56. The Labute approximate surface area is 119 Å². The predicted molar refractivity (Wildman–Crippen MR) is 81.7 cm³/mol. The molecule has 0 aliphatic carbocycles. The Morgan fingerprint density at radius 2 is 1.84 bits per heavy atom. The molecule has 2 aromatic rings. The molecule has 19 heavy (non-hydrogen) atoms. The Morgan fingerprint density at radius 3 is 2.37 bits per heavy atom. The van der Waals surface area contributed by atoms with Crippen LogP contribution >= 0.6 is 11.3 Å². The SMILES string of the molecule is CCC(NC(C)c1ccc(C)s1)c1ccc(O)cc1. The van der Waals surface area contributed by atoms with Crippen LogP contribution in [-0.2, 0) is 0 Å². The molecule has 0 saturated heterocycles. The molecule has 102 valence electrons. The van der Waals surface area contributed by atoms with Gasteiger partial charge in [0.2, 0.25) is 0 Å². The Bertz CT molecular complexity index is 518. The Morgan fingerprint density at radius 1 is 1.16 bits per heavy atom. The number of rotatable bonds is 5. The highest BCUT2D eigenvalue weighted by atomic mass is 32.1. The molecule has 0 bridgehead atoms. The van der Waals surface area contributed by atoms with Crippen molar-refractivity contribution in [3.8, 4) is 5.75 Å². The maximum atomic E-state index is 9.36. The van der Waals surface area contributed by atoms with E-state index in [0.29, 0.717) is 17.8 Å². The monoisotopic (exact) mass is 275 g/mol. The Balaban J connectivity index is 2.08. The number of thiophene rings is 1. The zero-order valence-electron chi connectivity index (χ0n) is 11.7. The first kappa shape index (κ1) is 14.1. The highest BCUT2D eigenvalue weighted by molar-refractivity contribution is 7.12. The zero-order chi connectivity index (χ0) is 13.8. The lowest BCUT2D eigenvalue weighted by atomic mass is 10.0. The summed E-state index contributed by atoms with van der Waals surface area (Å²) in [5.74, 6) is 0.320. The molecule has 1 aromatic heterocycles. The second kappa shape index (κ2) is 6.22. The van der Waals surface area contributed by atoms with E-state index in [4.69, 9.17) is 0 Å². The molecule has 2 N–H and O–H groups in total. The van der Waals surface area contributed by atoms with Gasteiger partial charge in [-0.1, -0.05) is 19.1 Å². The first-order valence-electron chi connectivity index (χ1n) is 6.71. The van der Waals surface area contributed by atoms with E-state index in [-0.39, 0.29) is 0 Å². The van der Waals surface area contributed by atoms with E-state index in [9.17, 15) is 5.11 Å². The lowest BCUT2D eigenvalue weighted by Gasteiger charge is -2.22. The summed E-state index contributed by atoms with van der Waals surface area (Å²) in [7, 11) is 0. The van der Waals surface area contributed by atoms with Gasteiger partial charge >= 0.3 is 0 Å². The fourth-order valence-corrected chi connectivity index (χ4v) is 3.12. The van der Waals surface area contributed by atoms with Crippen molar-refractivity contribution >= 4 is 11.3 Å². The van der Waals surface area contributed by atoms with E-state index >= 15 is 0 Å². The van der Waals surface area contributed by atoms with Crippen molar-refractivity contribution in [1.82, 2.24) is 5.32 Å². The van der Waals surface area contributed by atoms with Crippen molar-refractivity contribution in [3.63, 3.8) is 0 Å². The van der Waals surface area contributed by atoms with Crippen LogP contribution in [0.15, 0.2) is 36.4 Å². The van der Waals surface area contributed by atoms with Gasteiger partial charge in [0.15, 0.2) is 0 Å². The van der Waals surface area contributed by atoms with Crippen LogP contribution in [0.1, 0.15) is 47.7 Å². The summed E-state index contributed by atoms with van der Waals surface area (Å²) in [4.78, 5) is 2.72. The molecule has 0 amide bonds. The van der Waals surface area contributed by atoms with Gasteiger partial charge in [-0.3, -0.25) is 0 Å². The third kappa shape index (κ3) is 3.58. The maximum absolute atomic E-state index is 9.36. The van der Waals surface area contributed by atoms with Gasteiger partial charge in [-0.15, -0.1) is 11.3 Å². The standard InChI is InChI=1S/C16H21NOS/c1-4-15(13-6-8-14(18)9-7-13)17-12(3)16-10-5-11(2)19-16/h5-10,12,15,17-18H,4H2,1-3H3. The van der Waals surface area contributed by atoms with Gasteiger partial charge in [0.05, 0.1) is 0 Å². The molecule has 1 aromatic carbocycles. The lowest BCUT2D eigenvalue weighted by Crippen LogP contribution is -2.23. The number of phenols is 1. The van der Waals surface area contributed by atoms with E-state index in [1.54, 1.807) is 12.1 Å². The first-order chi connectivity index (χ1) is 9.10. The molecular weight excluding hydrogens is 254 g/mol. The van der Waals surface area contributed by atoms with E-state index in [0.717, 1.165) is 6.42 Å². The lowest BCUT2D eigenvalue weighted by molar-refractivity contribution is 0.456. The second-order valence-electron chi connectivity index (χ2n) is 4.89. The topological polar surface area (TPSA) is 32.3 Å². The van der Waals surface area contributed by atoms with Gasteiger partial charge in [-0.05, 0) is 50.1 Å². The first-order valence-corrected chi connectivity index (χ1v) is 7.53. The number of aromatic hydroxyl groups is 1. The fourth-order valence-electron chi connectivity index (χ4n) is 2.23. The molecule has 2 unspecified atom stereocenters. The molecule has 0 radical (unpaired) electrons. The van der Waals surface area contributed by atoms with Crippen molar-refractivity contribution in [1.29, 1.82) is 0 Å². The molecule has 0 saturated carbocycles. The molecule has 2 rings (SSSR count). The average Bonchev–Trinajstić information content (AvgIpc) is 2.84. The Hall–Kier alpha value is -1.32. The molecule has 2 nitrogen and oxygen atoms in total. The summed E-state index contributed by atoms with van der Waals surface area (Å²) >= 11 is 1.84. The molecule has 2 atom stereocenters. The van der Waals surface area contributed by atoms with Crippen LogP contribution in [0, 0.1) is 6.92 Å². The smallest absolute Gasteiger partial charge is 0.115 e. The zero-order valence-corrected chi connectivity index (χ0v) is 12.5. The number of phenolic OH excluding ortho intramolecular Hbond substituents is 1. The second-order valence-corrected chi connectivity index (χ2v) is 6.21. The summed E-state index contributed by atoms with van der Waals surface area (Å²) < 4.78 is 0. The van der Waals surface area contributed by atoms with E-state index in [2.05, 4.69) is 38.2 Å². The fraction of sp³-hybridized carbons (Fsp3) is 0.375. The minimum Gasteiger partial charge on any atom is -0.508 e. The number of benzene rings is 1. The van der Waals surface area contributed by atoms with Gasteiger partial charge in [-0.2, -0.15) is 0 Å². The number of hydrogen-bond acceptors (Lipinski definition) is 3. The van der Waals surface area contributed by atoms with Crippen molar-refractivity contribution in [2.24, 2.45) is 0 Å². The van der Waals surface area contributed by atoms with Crippen LogP contribution in [0.3, 0.4) is 0 Å². The molecule has 1 heterocycles. The minimum absolute atomic E-state index is 0.318. The quantitative estimate of drug-likeness (QED) is 0.838. The highest BCUT2D eigenvalue weighted by Crippen LogP contribution is 2.27. The van der Waals surface area contributed by atoms with Crippen LogP contribution in [0.2, 0.25) is 0 Å². The van der Waals surface area contributed by atoms with Crippen molar-refractivity contribution in [2.75, 3.05) is 0 Å². The summed E-state index contributed by atoms with van der Waals surface area (Å²) in [5.41, 5.74) is 1.22. The molecule has 0 aliphatic heterocycles. The minimum atomic E-state index is 0.318. The number of hydrogen-bond donors (Lipinski definition) is 2. The third-order valence-corrected chi connectivity index (χ3v) is 4.53. The van der Waals surface area contributed by atoms with Crippen LogP contribution in [0.5, 0.6) is 5.75 Å². The van der Waals surface area contributed by atoms with Crippen LogP contribution in [0.25, 0.3) is 0 Å². The van der Waals surface area contributed by atoms with Crippen LogP contribution < -0.4 is 5.32 Å². The molecular formula is C16H21NOS. The molecule has 3 heteroatoms. The van der Waals surface area contributed by atoms with Gasteiger partial charge in [0.25, 0.3) is 0 Å². The van der Waals surface area contributed by atoms with Gasteiger partial charge < -0.3 is 10.4 Å². The molecule has 0 aliphatic rings. The van der Waals surface area contributed by atoms with Gasteiger partial charge in [0, 0.05) is 21.8 Å². The molecule has 0 fully saturated rings. The van der Waals surface area contributed by atoms with E-state index < -0.39 is 0 Å². The summed E-state index contributed by atoms with van der Waals surface area (Å²) in [6.07, 6.45) is 1.03. The van der Waals surface area contributed by atoms with Gasteiger partial charge in [-0.25, -0.2) is 0 Å². The van der Waals surface area contributed by atoms with E-state index in [1.807, 2.05) is 23.5 Å². The normalized spacial score (nSPS) is 14.3. The highest BCUT2D eigenvalue weighted by Gasteiger charge is 2.14. The number of nitrogens with one attached hydrogen (secondary N) is 1. The summed E-state index contributed by atoms with van der Waals surface area (Å²) in [6.45, 7) is 6.52. The molecule has 0 spiro atoms. The van der Waals surface area contributed by atoms with Crippen LogP contribution in [0.4, 0.5) is 0 Å². The van der Waals surface area contributed by atoms with Crippen LogP contribution in [-0.4, -0.2) is 5.11 Å². The van der Waals surface area contributed by atoms with E-state index in [1.165, 1.54) is 15.3 Å². The van der Waals surface area contributed by atoms with Crippen molar-refractivity contribution in [3.05, 3.63) is 51.7 Å². The van der Waals surface area contributed by atoms with Crippen molar-refractivity contribution in [2.45, 2.75) is 39.3 Å². The summed E-state index contributed by atoms with van der Waals surface area (Å²) in [6, 6.07) is 12.5. The van der Waals surface area contributed by atoms with Crippen molar-refractivity contribution < 1.29 is 5.11 Å². The maximum Gasteiger partial charge on any atom is 0.115 e. The summed E-state index contributed by atoms with van der Waals surface area (Å²) in [5, 5.41) is 13.0.